The van der Waals surface area contributed by atoms with Crippen LogP contribution >= 0.6 is 0 Å². The molecule has 0 atom stereocenters. The van der Waals surface area contributed by atoms with Gasteiger partial charge in [0.1, 0.15) is 5.82 Å². The van der Waals surface area contributed by atoms with E-state index in [4.69, 9.17) is 0 Å². The smallest absolute Gasteiger partial charge is 0.320 e. The highest BCUT2D eigenvalue weighted by Gasteiger charge is 2.23. The van der Waals surface area contributed by atoms with Crippen LogP contribution in [0.1, 0.15) is 12.8 Å². The van der Waals surface area contributed by atoms with Crippen molar-refractivity contribution in [3.63, 3.8) is 0 Å². The number of hydrogen-bond donors (Lipinski definition) is 2. The van der Waals surface area contributed by atoms with Crippen LogP contribution in [-0.2, 0) is 0 Å². The Kier molecular flexibility index (Phi) is 4.55. The Labute approximate surface area is 151 Å². The van der Waals surface area contributed by atoms with Gasteiger partial charge >= 0.3 is 6.03 Å². The number of carbonyl (C=O) groups excluding carboxylic acids is 1. The van der Waals surface area contributed by atoms with E-state index in [-0.39, 0.29) is 11.8 Å². The Bertz CT molecular complexity index is 754. The number of urea groups is 1. The van der Waals surface area contributed by atoms with Crippen LogP contribution in [0.25, 0.3) is 0 Å². The van der Waals surface area contributed by atoms with Crippen LogP contribution in [0.15, 0.2) is 36.4 Å². The van der Waals surface area contributed by atoms with E-state index in [1.807, 2.05) is 6.07 Å². The topological polar surface area (TPSA) is 73.4 Å². The van der Waals surface area contributed by atoms with Crippen molar-refractivity contribution in [2.24, 2.45) is 0 Å². The van der Waals surface area contributed by atoms with Crippen molar-refractivity contribution in [3.05, 3.63) is 42.2 Å². The van der Waals surface area contributed by atoms with Crippen molar-refractivity contribution in [2.75, 3.05) is 41.3 Å². The molecule has 2 N–H and O–H groups in total. The molecule has 1 aromatic carbocycles. The maximum absolute atomic E-state index is 13.0. The highest BCUT2D eigenvalue weighted by Crippen LogP contribution is 2.20. The molecular formula is C18H21FN6O. The monoisotopic (exact) mass is 356 g/mol. The first-order valence-corrected chi connectivity index (χ1v) is 8.84. The normalized spacial score (nSPS) is 17.1. The van der Waals surface area contributed by atoms with Crippen LogP contribution in [0.4, 0.5) is 26.5 Å². The highest BCUT2D eigenvalue weighted by atomic mass is 19.1. The number of nitrogens with zero attached hydrogens (tertiary/aromatic N) is 4. The van der Waals surface area contributed by atoms with E-state index in [9.17, 15) is 9.18 Å². The average molecular weight is 356 g/mol. The lowest BCUT2D eigenvalue weighted by molar-refractivity contribution is 0.251. The van der Waals surface area contributed by atoms with Gasteiger partial charge in [0.25, 0.3) is 0 Å². The number of anilines is 3. The molecule has 26 heavy (non-hydrogen) atoms. The molecule has 2 amide bonds. The van der Waals surface area contributed by atoms with Crippen molar-refractivity contribution in [2.45, 2.75) is 18.9 Å². The van der Waals surface area contributed by atoms with Crippen molar-refractivity contribution in [3.8, 4) is 0 Å². The summed E-state index contributed by atoms with van der Waals surface area (Å²) in [5, 5.41) is 13.9. The Morgan fingerprint density at radius 2 is 1.65 bits per heavy atom. The van der Waals surface area contributed by atoms with E-state index in [0.29, 0.717) is 11.9 Å². The van der Waals surface area contributed by atoms with E-state index in [1.54, 1.807) is 18.2 Å². The van der Waals surface area contributed by atoms with Crippen molar-refractivity contribution >= 4 is 23.4 Å². The molecule has 7 nitrogen and oxygen atoms in total. The molecule has 1 saturated heterocycles. The van der Waals surface area contributed by atoms with Crippen LogP contribution in [0.2, 0.25) is 0 Å². The first-order valence-electron chi connectivity index (χ1n) is 8.84. The molecule has 136 valence electrons. The van der Waals surface area contributed by atoms with Crippen LogP contribution in [0.3, 0.4) is 0 Å². The largest absolute Gasteiger partial charge is 0.368 e. The summed E-state index contributed by atoms with van der Waals surface area (Å²) in [5.41, 5.74) is 1.03. The molecule has 8 heteroatoms. The number of amides is 2. The summed E-state index contributed by atoms with van der Waals surface area (Å²) < 4.78 is 13.0. The fourth-order valence-electron chi connectivity index (χ4n) is 2.97. The first-order chi connectivity index (χ1) is 12.7. The third-order valence-corrected chi connectivity index (χ3v) is 4.60. The first kappa shape index (κ1) is 16.6. The van der Waals surface area contributed by atoms with Crippen molar-refractivity contribution < 1.29 is 9.18 Å². The zero-order valence-corrected chi connectivity index (χ0v) is 14.4. The van der Waals surface area contributed by atoms with Gasteiger partial charge in [0.2, 0.25) is 0 Å². The van der Waals surface area contributed by atoms with Crippen LogP contribution in [0, 0.1) is 5.82 Å². The second kappa shape index (κ2) is 7.15. The summed E-state index contributed by atoms with van der Waals surface area (Å²) >= 11 is 0. The van der Waals surface area contributed by atoms with Crippen LogP contribution in [0.5, 0.6) is 0 Å². The van der Waals surface area contributed by atoms with Crippen molar-refractivity contribution in [1.29, 1.82) is 0 Å². The molecule has 1 aromatic heterocycles. The van der Waals surface area contributed by atoms with Gasteiger partial charge in [-0.05, 0) is 49.2 Å². The van der Waals surface area contributed by atoms with Crippen molar-refractivity contribution in [1.82, 2.24) is 15.5 Å². The lowest BCUT2D eigenvalue weighted by Gasteiger charge is -2.36. The third kappa shape index (κ3) is 4.01. The third-order valence-electron chi connectivity index (χ3n) is 4.60. The molecule has 2 fully saturated rings. The van der Waals surface area contributed by atoms with Gasteiger partial charge in [-0.1, -0.05) is 0 Å². The number of aromatic nitrogens is 2. The second-order valence-electron chi connectivity index (χ2n) is 6.60. The summed E-state index contributed by atoms with van der Waals surface area (Å²) in [4.78, 5) is 16.1. The molecule has 2 aliphatic rings. The maximum atomic E-state index is 13.0. The zero-order valence-electron chi connectivity index (χ0n) is 14.4. The molecule has 1 aliphatic heterocycles. The van der Waals surface area contributed by atoms with Crippen LogP contribution < -0.4 is 20.4 Å². The number of benzene rings is 1. The molecule has 0 radical (unpaired) electrons. The molecule has 2 heterocycles. The van der Waals surface area contributed by atoms with Gasteiger partial charge in [0, 0.05) is 37.9 Å². The molecule has 1 aliphatic carbocycles. The second-order valence-corrected chi connectivity index (χ2v) is 6.60. The van der Waals surface area contributed by atoms with Crippen LogP contribution in [-0.4, -0.2) is 48.4 Å². The molecule has 0 spiro atoms. The quantitative estimate of drug-likeness (QED) is 0.879. The Morgan fingerprint density at radius 3 is 2.27 bits per heavy atom. The molecule has 1 saturated carbocycles. The van der Waals surface area contributed by atoms with Gasteiger partial charge in [-0.15, -0.1) is 10.2 Å². The zero-order chi connectivity index (χ0) is 17.9. The summed E-state index contributed by atoms with van der Waals surface area (Å²) in [5.74, 6) is 1.01. The Hall–Kier alpha value is -2.90. The summed E-state index contributed by atoms with van der Waals surface area (Å²) in [6, 6.07) is 10.3. The predicted molar refractivity (Wildman–Crippen MR) is 98.0 cm³/mol. The predicted octanol–water partition coefficient (Wildman–Crippen LogP) is 2.23. The number of carbonyl (C=O) groups is 1. The lowest BCUT2D eigenvalue weighted by atomic mass is 10.2. The van der Waals surface area contributed by atoms with E-state index in [2.05, 4.69) is 30.6 Å². The standard InChI is InChI=1S/C18H21FN6O/c19-13-1-5-15(6-2-13)24-9-11-25(12-10-24)17-8-7-16(22-23-17)21-18(26)20-14-3-4-14/h1-2,5-8,14H,3-4,9-12H2,(H2,20,21,22,26). The van der Waals surface area contributed by atoms with Gasteiger partial charge in [-0.3, -0.25) is 5.32 Å². The minimum atomic E-state index is -0.234. The number of nitrogens with one attached hydrogen (secondary N) is 2. The Morgan fingerprint density at radius 1 is 0.962 bits per heavy atom. The summed E-state index contributed by atoms with van der Waals surface area (Å²) in [6.07, 6.45) is 2.09. The molecule has 4 rings (SSSR count). The highest BCUT2D eigenvalue weighted by molar-refractivity contribution is 5.88. The fraction of sp³-hybridized carbons (Fsp3) is 0.389. The minimum Gasteiger partial charge on any atom is -0.368 e. The summed E-state index contributed by atoms with van der Waals surface area (Å²) in [6.45, 7) is 3.27. The molecule has 0 bridgehead atoms. The fourth-order valence-corrected chi connectivity index (χ4v) is 2.97. The SMILES string of the molecule is O=C(Nc1ccc(N2CCN(c3ccc(F)cc3)CC2)nn1)NC1CC1. The minimum absolute atomic E-state index is 0.220. The maximum Gasteiger partial charge on any atom is 0.320 e. The number of rotatable bonds is 4. The van der Waals surface area contributed by atoms with Gasteiger partial charge < -0.3 is 15.1 Å². The van der Waals surface area contributed by atoms with Gasteiger partial charge in [-0.25, -0.2) is 9.18 Å². The summed E-state index contributed by atoms with van der Waals surface area (Å²) in [7, 11) is 0. The molecule has 2 aromatic rings. The number of halogens is 1. The van der Waals surface area contributed by atoms with Gasteiger partial charge in [0.15, 0.2) is 11.6 Å². The molecule has 0 unspecified atom stereocenters. The average Bonchev–Trinajstić information content (AvgIpc) is 3.47. The van der Waals surface area contributed by atoms with Gasteiger partial charge in [0.05, 0.1) is 0 Å². The Balaban J connectivity index is 1.31. The lowest BCUT2D eigenvalue weighted by Crippen LogP contribution is -2.46. The number of hydrogen-bond acceptors (Lipinski definition) is 5. The number of piperazine rings is 1. The van der Waals surface area contributed by atoms with Gasteiger partial charge in [-0.2, -0.15) is 0 Å². The van der Waals surface area contributed by atoms with E-state index < -0.39 is 0 Å². The molecular weight excluding hydrogens is 335 g/mol. The van der Waals surface area contributed by atoms with E-state index in [1.165, 1.54) is 12.1 Å². The van der Waals surface area contributed by atoms with E-state index in [0.717, 1.165) is 50.5 Å². The van der Waals surface area contributed by atoms with E-state index >= 15 is 0 Å².